The van der Waals surface area contributed by atoms with Crippen LogP contribution in [-0.2, 0) is 0 Å². The Hall–Kier alpha value is -1.24. The van der Waals surface area contributed by atoms with E-state index in [0.717, 1.165) is 18.8 Å². The third-order valence-corrected chi connectivity index (χ3v) is 4.18. The van der Waals surface area contributed by atoms with E-state index in [1.54, 1.807) is 6.07 Å². The molecule has 1 unspecified atom stereocenters. The smallest absolute Gasteiger partial charge is 0.0992 e. The number of nitrogens with zero attached hydrogens (tertiary/aromatic N) is 3. The Kier molecular flexibility index (Phi) is 4.68. The van der Waals surface area contributed by atoms with E-state index >= 15 is 0 Å². The van der Waals surface area contributed by atoms with Gasteiger partial charge in [-0.15, -0.1) is 0 Å². The van der Waals surface area contributed by atoms with Gasteiger partial charge in [0, 0.05) is 19.6 Å². The Morgan fingerprint density at radius 1 is 1.53 bits per heavy atom. The van der Waals surface area contributed by atoms with Gasteiger partial charge in [0.2, 0.25) is 0 Å². The van der Waals surface area contributed by atoms with Gasteiger partial charge in [-0.1, -0.05) is 18.5 Å². The number of hydrogen-bond acceptors (Lipinski definition) is 3. The molecule has 0 spiro atoms. The van der Waals surface area contributed by atoms with Crippen LogP contribution < -0.4 is 4.90 Å². The second kappa shape index (κ2) is 6.27. The monoisotopic (exact) mass is 277 g/mol. The van der Waals surface area contributed by atoms with E-state index in [2.05, 4.69) is 29.8 Å². The summed E-state index contributed by atoms with van der Waals surface area (Å²) < 4.78 is 0. The quantitative estimate of drug-likeness (QED) is 0.847. The van der Waals surface area contributed by atoms with Gasteiger partial charge < -0.3 is 4.90 Å². The zero-order chi connectivity index (χ0) is 13.8. The Morgan fingerprint density at radius 2 is 2.32 bits per heavy atom. The van der Waals surface area contributed by atoms with Crippen LogP contribution in [0.5, 0.6) is 0 Å². The van der Waals surface area contributed by atoms with Crippen LogP contribution >= 0.6 is 11.6 Å². The summed E-state index contributed by atoms with van der Waals surface area (Å²) in [7, 11) is 2.07. The van der Waals surface area contributed by atoms with Gasteiger partial charge in [-0.3, -0.25) is 4.90 Å². The molecule has 0 aliphatic carbocycles. The summed E-state index contributed by atoms with van der Waals surface area (Å²) >= 11 is 6.25. The molecule has 2 rings (SSSR count). The largest absolute Gasteiger partial charge is 0.372 e. The molecule has 1 aliphatic rings. The molecule has 1 atom stereocenters. The van der Waals surface area contributed by atoms with Crippen LogP contribution in [0.4, 0.5) is 5.69 Å². The van der Waals surface area contributed by atoms with E-state index in [9.17, 15) is 0 Å². The van der Waals surface area contributed by atoms with E-state index in [0.29, 0.717) is 16.6 Å². The fourth-order valence-electron chi connectivity index (χ4n) is 2.82. The lowest BCUT2D eigenvalue weighted by atomic mass is 10.1. The van der Waals surface area contributed by atoms with Crippen molar-refractivity contribution in [1.82, 2.24) is 4.90 Å². The van der Waals surface area contributed by atoms with Crippen molar-refractivity contribution in [3.63, 3.8) is 0 Å². The van der Waals surface area contributed by atoms with Crippen molar-refractivity contribution in [3.8, 4) is 6.07 Å². The Labute approximate surface area is 120 Å². The standard InChI is InChI=1S/C15H20ClN3/c1-3-19-8-4-5-13(19)11-18(2)15-7-6-12(10-17)9-14(15)16/h6-7,9,13H,3-5,8,11H2,1-2H3. The summed E-state index contributed by atoms with van der Waals surface area (Å²) in [5.74, 6) is 0. The fourth-order valence-corrected chi connectivity index (χ4v) is 3.14. The van der Waals surface area contributed by atoms with Crippen LogP contribution in [0, 0.1) is 11.3 Å². The molecular weight excluding hydrogens is 258 g/mol. The summed E-state index contributed by atoms with van der Waals surface area (Å²) in [5.41, 5.74) is 1.61. The van der Waals surface area contributed by atoms with Crippen molar-refractivity contribution in [2.75, 3.05) is 31.6 Å². The molecule has 0 saturated carbocycles. The molecule has 1 aromatic carbocycles. The summed E-state index contributed by atoms with van der Waals surface area (Å²) in [5, 5.41) is 9.51. The summed E-state index contributed by atoms with van der Waals surface area (Å²) in [6.07, 6.45) is 2.54. The third-order valence-electron chi connectivity index (χ3n) is 3.88. The molecule has 1 fully saturated rings. The van der Waals surface area contributed by atoms with Gasteiger partial charge in [-0.25, -0.2) is 0 Å². The lowest BCUT2D eigenvalue weighted by molar-refractivity contribution is 0.270. The predicted octanol–water partition coefficient (Wildman–Crippen LogP) is 3.13. The van der Waals surface area contributed by atoms with Crippen LogP contribution in [-0.4, -0.2) is 37.6 Å². The van der Waals surface area contributed by atoms with Crippen molar-refractivity contribution in [3.05, 3.63) is 28.8 Å². The molecule has 1 aromatic rings. The normalized spacial score (nSPS) is 19.4. The second-order valence-electron chi connectivity index (χ2n) is 5.08. The highest BCUT2D eigenvalue weighted by Crippen LogP contribution is 2.27. The molecule has 1 saturated heterocycles. The van der Waals surface area contributed by atoms with Crippen LogP contribution in [0.25, 0.3) is 0 Å². The zero-order valence-electron chi connectivity index (χ0n) is 11.6. The first-order valence-electron chi connectivity index (χ1n) is 6.80. The van der Waals surface area contributed by atoms with Crippen molar-refractivity contribution < 1.29 is 0 Å². The van der Waals surface area contributed by atoms with Gasteiger partial charge in [-0.2, -0.15) is 5.26 Å². The van der Waals surface area contributed by atoms with Gasteiger partial charge in [0.1, 0.15) is 0 Å². The van der Waals surface area contributed by atoms with E-state index in [4.69, 9.17) is 16.9 Å². The van der Waals surface area contributed by atoms with Crippen LogP contribution in [0.15, 0.2) is 18.2 Å². The average molecular weight is 278 g/mol. The maximum atomic E-state index is 8.86. The summed E-state index contributed by atoms with van der Waals surface area (Å²) in [6.45, 7) is 5.52. The van der Waals surface area contributed by atoms with Crippen molar-refractivity contribution in [1.29, 1.82) is 5.26 Å². The van der Waals surface area contributed by atoms with Gasteiger partial charge in [0.05, 0.1) is 22.3 Å². The number of anilines is 1. The minimum absolute atomic E-state index is 0.609. The minimum Gasteiger partial charge on any atom is -0.372 e. The molecule has 1 heterocycles. The van der Waals surface area contributed by atoms with E-state index in [1.165, 1.54) is 19.4 Å². The number of likely N-dealkylation sites (tertiary alicyclic amines) is 1. The number of rotatable bonds is 4. The van der Waals surface area contributed by atoms with Gasteiger partial charge in [0.25, 0.3) is 0 Å². The highest BCUT2D eigenvalue weighted by molar-refractivity contribution is 6.33. The Morgan fingerprint density at radius 3 is 2.95 bits per heavy atom. The highest BCUT2D eigenvalue weighted by Gasteiger charge is 2.24. The molecule has 0 amide bonds. The van der Waals surface area contributed by atoms with E-state index in [1.807, 2.05) is 12.1 Å². The molecule has 0 bridgehead atoms. The van der Waals surface area contributed by atoms with Crippen LogP contribution in [0.3, 0.4) is 0 Å². The van der Waals surface area contributed by atoms with Crippen LogP contribution in [0.2, 0.25) is 5.02 Å². The van der Waals surface area contributed by atoms with Crippen molar-refractivity contribution in [2.45, 2.75) is 25.8 Å². The molecule has 4 heteroatoms. The van der Waals surface area contributed by atoms with Gasteiger partial charge in [-0.05, 0) is 44.1 Å². The van der Waals surface area contributed by atoms with Gasteiger partial charge >= 0.3 is 0 Å². The Bertz CT molecular complexity index is 481. The third kappa shape index (κ3) is 3.20. The fraction of sp³-hybridized carbons (Fsp3) is 0.533. The molecular formula is C15H20ClN3. The first kappa shape index (κ1) is 14.2. The number of hydrogen-bond donors (Lipinski definition) is 0. The first-order valence-corrected chi connectivity index (χ1v) is 7.18. The number of likely N-dealkylation sites (N-methyl/N-ethyl adjacent to an activating group) is 2. The van der Waals surface area contributed by atoms with E-state index in [-0.39, 0.29) is 0 Å². The molecule has 1 aliphatic heterocycles. The maximum Gasteiger partial charge on any atom is 0.0992 e. The molecule has 19 heavy (non-hydrogen) atoms. The van der Waals surface area contributed by atoms with Crippen molar-refractivity contribution in [2.24, 2.45) is 0 Å². The average Bonchev–Trinajstić information content (AvgIpc) is 2.85. The van der Waals surface area contributed by atoms with Crippen LogP contribution in [0.1, 0.15) is 25.3 Å². The topological polar surface area (TPSA) is 30.3 Å². The first-order chi connectivity index (χ1) is 9.15. The lowest BCUT2D eigenvalue weighted by Gasteiger charge is -2.29. The highest BCUT2D eigenvalue weighted by atomic mass is 35.5. The number of halogens is 1. The van der Waals surface area contributed by atoms with Crippen molar-refractivity contribution >= 4 is 17.3 Å². The second-order valence-corrected chi connectivity index (χ2v) is 5.49. The predicted molar refractivity (Wildman–Crippen MR) is 79.7 cm³/mol. The summed E-state index contributed by atoms with van der Waals surface area (Å²) in [4.78, 5) is 4.72. The Balaban J connectivity index is 2.07. The maximum absolute atomic E-state index is 8.86. The molecule has 0 N–H and O–H groups in total. The number of benzene rings is 1. The molecule has 3 nitrogen and oxygen atoms in total. The minimum atomic E-state index is 0.609. The summed E-state index contributed by atoms with van der Waals surface area (Å²) in [6, 6.07) is 8.22. The molecule has 0 radical (unpaired) electrons. The molecule has 0 aromatic heterocycles. The van der Waals surface area contributed by atoms with E-state index < -0.39 is 0 Å². The van der Waals surface area contributed by atoms with Gasteiger partial charge in [0.15, 0.2) is 0 Å². The number of nitriles is 1. The SMILES string of the molecule is CCN1CCCC1CN(C)c1ccc(C#N)cc1Cl. The lowest BCUT2D eigenvalue weighted by Crippen LogP contribution is -2.38. The molecule has 102 valence electrons. The zero-order valence-corrected chi connectivity index (χ0v) is 12.3.